The highest BCUT2D eigenvalue weighted by atomic mass is 19.1. The first-order chi connectivity index (χ1) is 15.6. The molecule has 0 aliphatic heterocycles. The van der Waals surface area contributed by atoms with Crippen molar-refractivity contribution in [3.05, 3.63) is 35.1 Å². The minimum absolute atomic E-state index is 0.0668. The molecule has 192 valence electrons. The summed E-state index contributed by atoms with van der Waals surface area (Å²) in [6, 6.07) is 1.45. The quantitative estimate of drug-likeness (QED) is 0.173. The molecule has 0 amide bonds. The molecule has 3 nitrogen and oxygen atoms in total. The van der Waals surface area contributed by atoms with E-state index in [1.807, 2.05) is 27.7 Å². The van der Waals surface area contributed by atoms with Gasteiger partial charge in [-0.05, 0) is 53.4 Å². The zero-order valence-corrected chi connectivity index (χ0v) is 21.3. The van der Waals surface area contributed by atoms with Gasteiger partial charge in [-0.25, -0.2) is 13.2 Å². The van der Waals surface area contributed by atoms with Gasteiger partial charge in [0, 0.05) is 23.6 Å². The minimum atomic E-state index is -1.65. The smallest absolute Gasteiger partial charge is 0.283 e. The normalized spacial score (nSPS) is 13.3. The van der Waals surface area contributed by atoms with Crippen molar-refractivity contribution in [2.24, 2.45) is 5.92 Å². The summed E-state index contributed by atoms with van der Waals surface area (Å²) in [6.07, 6.45) is 10.4. The Balaban J connectivity index is 2.68. The molecule has 1 rings (SSSR count). The topological polar surface area (TPSA) is 38.7 Å². The van der Waals surface area contributed by atoms with Crippen LogP contribution in [-0.2, 0) is 15.9 Å². The predicted molar refractivity (Wildman–Crippen MR) is 127 cm³/mol. The fourth-order valence-corrected chi connectivity index (χ4v) is 4.26. The van der Waals surface area contributed by atoms with Crippen LogP contribution >= 0.6 is 0 Å². The fraction of sp³-hybridized carbons (Fsp3) is 0.778. The molecular formula is C27H45F3O3. The van der Waals surface area contributed by atoms with Gasteiger partial charge in [0.15, 0.2) is 0 Å². The Morgan fingerprint density at radius 2 is 1.21 bits per heavy atom. The summed E-state index contributed by atoms with van der Waals surface area (Å²) < 4.78 is 52.5. The van der Waals surface area contributed by atoms with E-state index in [1.165, 1.54) is 25.7 Å². The molecule has 33 heavy (non-hydrogen) atoms. The van der Waals surface area contributed by atoms with E-state index in [-0.39, 0.29) is 30.1 Å². The van der Waals surface area contributed by atoms with Crippen LogP contribution in [0.2, 0.25) is 0 Å². The molecule has 0 aliphatic carbocycles. The van der Waals surface area contributed by atoms with Crippen LogP contribution < -0.4 is 0 Å². The van der Waals surface area contributed by atoms with Gasteiger partial charge in [0.2, 0.25) is 0 Å². The number of rotatable bonds is 18. The van der Waals surface area contributed by atoms with Gasteiger partial charge in [0.1, 0.15) is 17.5 Å². The maximum Gasteiger partial charge on any atom is 0.283 e. The number of hydrogen-bond acceptors (Lipinski definition) is 3. The summed E-state index contributed by atoms with van der Waals surface area (Å²) in [6.45, 7) is 9.70. The molecule has 0 aliphatic rings. The van der Waals surface area contributed by atoms with Gasteiger partial charge < -0.3 is 14.6 Å². The highest BCUT2D eigenvalue weighted by Crippen LogP contribution is 2.33. The highest BCUT2D eigenvalue weighted by molar-refractivity contribution is 5.20. The lowest BCUT2D eigenvalue weighted by Gasteiger charge is -2.38. The Morgan fingerprint density at radius 1 is 0.758 bits per heavy atom. The molecule has 0 aromatic heterocycles. The second-order valence-electron chi connectivity index (χ2n) is 9.66. The molecule has 1 aromatic rings. The Labute approximate surface area is 199 Å². The minimum Gasteiger partial charge on any atom is -0.343 e. The first-order valence-corrected chi connectivity index (χ1v) is 12.8. The number of benzene rings is 1. The van der Waals surface area contributed by atoms with Crippen molar-refractivity contribution in [3.8, 4) is 0 Å². The van der Waals surface area contributed by atoms with E-state index in [0.717, 1.165) is 44.2 Å². The van der Waals surface area contributed by atoms with Gasteiger partial charge in [-0.2, -0.15) is 0 Å². The van der Waals surface area contributed by atoms with Crippen LogP contribution in [0.1, 0.15) is 111 Å². The average Bonchev–Trinajstić information content (AvgIpc) is 2.68. The van der Waals surface area contributed by atoms with Crippen LogP contribution in [0.4, 0.5) is 13.2 Å². The molecule has 1 aromatic carbocycles. The maximum absolute atomic E-state index is 13.9. The third-order valence-electron chi connectivity index (χ3n) is 5.82. The number of hydrogen-bond donors (Lipinski definition) is 1. The molecule has 0 spiro atoms. The highest BCUT2D eigenvalue weighted by Gasteiger charge is 2.40. The van der Waals surface area contributed by atoms with E-state index in [0.29, 0.717) is 12.8 Å². The van der Waals surface area contributed by atoms with E-state index in [4.69, 9.17) is 9.47 Å². The molecule has 1 atom stereocenters. The number of aliphatic hydroxyl groups is 1. The molecule has 0 saturated heterocycles. The molecule has 1 N–H and O–H groups in total. The molecule has 0 saturated carbocycles. The summed E-state index contributed by atoms with van der Waals surface area (Å²) in [5.74, 6) is -4.41. The fourth-order valence-electron chi connectivity index (χ4n) is 4.26. The third kappa shape index (κ3) is 11.7. The van der Waals surface area contributed by atoms with Gasteiger partial charge in [-0.3, -0.25) is 0 Å². The lowest BCUT2D eigenvalue weighted by molar-refractivity contribution is -0.407. The maximum atomic E-state index is 13.9. The zero-order valence-electron chi connectivity index (χ0n) is 21.3. The van der Waals surface area contributed by atoms with Crippen molar-refractivity contribution < 1.29 is 27.8 Å². The van der Waals surface area contributed by atoms with Crippen LogP contribution in [0.25, 0.3) is 0 Å². The molecular weight excluding hydrogens is 429 g/mol. The molecule has 0 bridgehead atoms. The Kier molecular flexibility index (Phi) is 14.3. The van der Waals surface area contributed by atoms with Crippen LogP contribution in [-0.4, -0.2) is 23.3 Å². The molecule has 6 heteroatoms. The van der Waals surface area contributed by atoms with E-state index in [2.05, 4.69) is 6.92 Å². The van der Waals surface area contributed by atoms with E-state index >= 15 is 0 Å². The van der Waals surface area contributed by atoms with Crippen molar-refractivity contribution >= 4 is 0 Å². The Hall–Kier alpha value is -1.11. The van der Waals surface area contributed by atoms with E-state index in [1.54, 1.807) is 0 Å². The van der Waals surface area contributed by atoms with Crippen molar-refractivity contribution in [1.29, 1.82) is 0 Å². The predicted octanol–water partition coefficient (Wildman–Crippen LogP) is 8.07. The third-order valence-corrected chi connectivity index (χ3v) is 5.82. The van der Waals surface area contributed by atoms with Crippen molar-refractivity contribution in [1.82, 2.24) is 0 Å². The first kappa shape index (κ1) is 29.9. The first-order valence-electron chi connectivity index (χ1n) is 12.8. The van der Waals surface area contributed by atoms with Crippen LogP contribution in [0, 0.1) is 23.4 Å². The molecule has 0 heterocycles. The SMILES string of the molecule is CCCCCCCCC(CCCCCc1c(F)cc(F)cc1F)C(O)(OC(C)C)OC(C)C. The summed E-state index contributed by atoms with van der Waals surface area (Å²) in [7, 11) is 0. The summed E-state index contributed by atoms with van der Waals surface area (Å²) in [5, 5.41) is 11.3. The number of unbranched alkanes of at least 4 members (excludes halogenated alkanes) is 7. The Bertz CT molecular complexity index is 631. The van der Waals surface area contributed by atoms with E-state index in [9.17, 15) is 18.3 Å². The van der Waals surface area contributed by atoms with Gasteiger partial charge in [0.25, 0.3) is 5.97 Å². The van der Waals surface area contributed by atoms with Gasteiger partial charge in [0.05, 0.1) is 12.2 Å². The van der Waals surface area contributed by atoms with E-state index < -0.39 is 23.4 Å². The second kappa shape index (κ2) is 15.7. The van der Waals surface area contributed by atoms with Crippen LogP contribution in [0.5, 0.6) is 0 Å². The van der Waals surface area contributed by atoms with Crippen molar-refractivity contribution in [3.63, 3.8) is 0 Å². The van der Waals surface area contributed by atoms with Crippen molar-refractivity contribution in [2.45, 2.75) is 130 Å². The molecule has 1 unspecified atom stereocenters. The number of halogens is 3. The van der Waals surface area contributed by atoms with Gasteiger partial charge in [-0.15, -0.1) is 0 Å². The summed E-state index contributed by atoms with van der Waals surface area (Å²) >= 11 is 0. The summed E-state index contributed by atoms with van der Waals surface area (Å²) in [4.78, 5) is 0. The van der Waals surface area contributed by atoms with Crippen molar-refractivity contribution in [2.75, 3.05) is 0 Å². The van der Waals surface area contributed by atoms with Gasteiger partial charge in [-0.1, -0.05) is 58.3 Å². The van der Waals surface area contributed by atoms with Crippen LogP contribution in [0.3, 0.4) is 0 Å². The molecule has 0 radical (unpaired) electrons. The van der Waals surface area contributed by atoms with Gasteiger partial charge >= 0.3 is 0 Å². The largest absolute Gasteiger partial charge is 0.343 e. The summed E-state index contributed by atoms with van der Waals surface area (Å²) in [5.41, 5.74) is -0.0668. The van der Waals surface area contributed by atoms with Crippen LogP contribution in [0.15, 0.2) is 12.1 Å². The molecule has 0 fully saturated rings. The zero-order chi connectivity index (χ0) is 24.9. The number of ether oxygens (including phenoxy) is 2. The average molecular weight is 475 g/mol. The lowest BCUT2D eigenvalue weighted by Crippen LogP contribution is -2.47. The second-order valence-corrected chi connectivity index (χ2v) is 9.66. The Morgan fingerprint density at radius 3 is 1.70 bits per heavy atom. The monoisotopic (exact) mass is 474 g/mol. The standard InChI is InChI=1S/C27H45F3O3/c1-6-7-8-9-10-12-15-22(27(31,32-20(2)3)33-21(4)5)16-13-11-14-17-24-25(29)18-23(28)19-26(24)30/h18-22,31H,6-17H2,1-5H3. The lowest BCUT2D eigenvalue weighted by atomic mass is 9.91.